The molecule has 94 valence electrons. The minimum atomic E-state index is -1.07. The van der Waals surface area contributed by atoms with Gasteiger partial charge in [0.1, 0.15) is 5.82 Å². The Bertz CT molecular complexity index is 413. The standard InChI is InChI=1S/C13H17FO3/c1-4-13(2,3)17-8-10-7-9(12(15)16)5-6-11(10)14/h5-7H,4,8H2,1-3H3,(H,15,16). The number of carboxylic acids is 1. The molecule has 0 saturated carbocycles. The van der Waals surface area contributed by atoms with Crippen molar-refractivity contribution in [1.82, 2.24) is 0 Å². The van der Waals surface area contributed by atoms with Crippen molar-refractivity contribution in [3.8, 4) is 0 Å². The summed E-state index contributed by atoms with van der Waals surface area (Å²) in [7, 11) is 0. The monoisotopic (exact) mass is 240 g/mol. The predicted octanol–water partition coefficient (Wildman–Crippen LogP) is 3.23. The van der Waals surface area contributed by atoms with E-state index in [0.29, 0.717) is 0 Å². The van der Waals surface area contributed by atoms with E-state index in [1.165, 1.54) is 12.1 Å². The van der Waals surface area contributed by atoms with Crippen LogP contribution in [0.25, 0.3) is 0 Å². The zero-order valence-electron chi connectivity index (χ0n) is 10.3. The number of hydrogen-bond donors (Lipinski definition) is 1. The predicted molar refractivity (Wildman–Crippen MR) is 62.5 cm³/mol. The average molecular weight is 240 g/mol. The molecule has 4 heteroatoms. The number of carbonyl (C=O) groups is 1. The Hall–Kier alpha value is -1.42. The highest BCUT2D eigenvalue weighted by atomic mass is 19.1. The quantitative estimate of drug-likeness (QED) is 0.859. The molecule has 0 amide bonds. The van der Waals surface area contributed by atoms with Gasteiger partial charge in [0.15, 0.2) is 0 Å². The first-order valence-electron chi connectivity index (χ1n) is 5.51. The fourth-order valence-electron chi connectivity index (χ4n) is 1.19. The molecule has 1 rings (SSSR count). The summed E-state index contributed by atoms with van der Waals surface area (Å²) in [6, 6.07) is 3.70. The van der Waals surface area contributed by atoms with E-state index < -0.39 is 11.8 Å². The van der Waals surface area contributed by atoms with Gasteiger partial charge in [0.05, 0.1) is 17.8 Å². The van der Waals surface area contributed by atoms with Gasteiger partial charge in [-0.15, -0.1) is 0 Å². The fourth-order valence-corrected chi connectivity index (χ4v) is 1.19. The molecule has 0 bridgehead atoms. The van der Waals surface area contributed by atoms with Crippen LogP contribution in [0.1, 0.15) is 43.1 Å². The molecule has 0 atom stereocenters. The first kappa shape index (κ1) is 13.6. The Morgan fingerprint density at radius 2 is 2.12 bits per heavy atom. The first-order valence-corrected chi connectivity index (χ1v) is 5.51. The van der Waals surface area contributed by atoms with Gasteiger partial charge < -0.3 is 9.84 Å². The van der Waals surface area contributed by atoms with Gasteiger partial charge in [-0.2, -0.15) is 0 Å². The van der Waals surface area contributed by atoms with Gasteiger partial charge in [0, 0.05) is 5.56 Å². The number of halogens is 1. The fraction of sp³-hybridized carbons (Fsp3) is 0.462. The van der Waals surface area contributed by atoms with Gasteiger partial charge in [-0.1, -0.05) is 6.92 Å². The van der Waals surface area contributed by atoms with Gasteiger partial charge in [-0.25, -0.2) is 9.18 Å². The van der Waals surface area contributed by atoms with E-state index in [9.17, 15) is 9.18 Å². The number of carboxylic acid groups (broad SMARTS) is 1. The van der Waals surface area contributed by atoms with Gasteiger partial charge >= 0.3 is 5.97 Å². The molecule has 0 spiro atoms. The lowest BCUT2D eigenvalue weighted by Crippen LogP contribution is -2.23. The summed E-state index contributed by atoms with van der Waals surface area (Å²) < 4.78 is 19.0. The molecule has 0 aliphatic carbocycles. The third kappa shape index (κ3) is 3.82. The molecule has 1 aromatic carbocycles. The van der Waals surface area contributed by atoms with E-state index >= 15 is 0 Å². The van der Waals surface area contributed by atoms with Crippen molar-refractivity contribution in [2.24, 2.45) is 0 Å². The second-order valence-electron chi connectivity index (χ2n) is 4.51. The lowest BCUT2D eigenvalue weighted by molar-refractivity contribution is -0.0326. The lowest BCUT2D eigenvalue weighted by Gasteiger charge is -2.23. The van der Waals surface area contributed by atoms with E-state index in [1.807, 2.05) is 20.8 Å². The van der Waals surface area contributed by atoms with Crippen LogP contribution in [0.4, 0.5) is 4.39 Å². The van der Waals surface area contributed by atoms with Crippen molar-refractivity contribution < 1.29 is 19.0 Å². The van der Waals surface area contributed by atoms with Gasteiger partial charge in [0.2, 0.25) is 0 Å². The first-order chi connectivity index (χ1) is 7.85. The second kappa shape index (κ2) is 5.27. The largest absolute Gasteiger partial charge is 0.478 e. The molecule has 0 aliphatic heterocycles. The summed E-state index contributed by atoms with van der Waals surface area (Å²) in [5.74, 6) is -1.51. The van der Waals surface area contributed by atoms with Crippen molar-refractivity contribution >= 4 is 5.97 Å². The van der Waals surface area contributed by atoms with Gasteiger partial charge in [-0.05, 0) is 38.5 Å². The number of benzene rings is 1. The summed E-state index contributed by atoms with van der Waals surface area (Å²) in [5.41, 5.74) is -0.00296. The molecule has 0 aliphatic rings. The minimum absolute atomic E-state index is 0.0688. The Kier molecular flexibility index (Phi) is 4.23. The Morgan fingerprint density at radius 1 is 1.47 bits per heavy atom. The second-order valence-corrected chi connectivity index (χ2v) is 4.51. The van der Waals surface area contributed by atoms with Crippen LogP contribution in [0.3, 0.4) is 0 Å². The van der Waals surface area contributed by atoms with Crippen molar-refractivity contribution in [1.29, 1.82) is 0 Å². The van der Waals surface area contributed by atoms with Crippen LogP contribution in [0, 0.1) is 5.82 Å². The van der Waals surface area contributed by atoms with E-state index in [2.05, 4.69) is 0 Å². The smallest absolute Gasteiger partial charge is 0.335 e. The van der Waals surface area contributed by atoms with Crippen molar-refractivity contribution in [3.05, 3.63) is 35.1 Å². The van der Waals surface area contributed by atoms with Crippen molar-refractivity contribution in [2.75, 3.05) is 0 Å². The van der Waals surface area contributed by atoms with E-state index in [1.54, 1.807) is 0 Å². The molecule has 0 aromatic heterocycles. The van der Waals surface area contributed by atoms with Crippen molar-refractivity contribution in [2.45, 2.75) is 39.4 Å². The molecule has 0 saturated heterocycles. The van der Waals surface area contributed by atoms with E-state index in [0.717, 1.165) is 12.5 Å². The third-order valence-corrected chi connectivity index (χ3v) is 2.76. The zero-order chi connectivity index (χ0) is 13.1. The summed E-state index contributed by atoms with van der Waals surface area (Å²) in [6.45, 7) is 5.87. The van der Waals surface area contributed by atoms with E-state index in [-0.39, 0.29) is 23.3 Å². The summed E-state index contributed by atoms with van der Waals surface area (Å²) in [6.07, 6.45) is 0.799. The number of rotatable bonds is 5. The zero-order valence-corrected chi connectivity index (χ0v) is 10.3. The van der Waals surface area contributed by atoms with Crippen molar-refractivity contribution in [3.63, 3.8) is 0 Å². The average Bonchev–Trinajstić information content (AvgIpc) is 2.27. The molecule has 0 fully saturated rings. The molecular formula is C13H17FO3. The molecular weight excluding hydrogens is 223 g/mol. The van der Waals surface area contributed by atoms with Gasteiger partial charge in [0.25, 0.3) is 0 Å². The Morgan fingerprint density at radius 3 is 2.65 bits per heavy atom. The van der Waals surface area contributed by atoms with Crippen LogP contribution in [0.2, 0.25) is 0 Å². The topological polar surface area (TPSA) is 46.5 Å². The number of aromatic carboxylic acids is 1. The maximum atomic E-state index is 13.4. The molecule has 3 nitrogen and oxygen atoms in total. The van der Waals surface area contributed by atoms with Crippen LogP contribution >= 0.6 is 0 Å². The SMILES string of the molecule is CCC(C)(C)OCc1cc(C(=O)O)ccc1F. The van der Waals surface area contributed by atoms with E-state index in [4.69, 9.17) is 9.84 Å². The molecule has 0 unspecified atom stereocenters. The third-order valence-electron chi connectivity index (χ3n) is 2.76. The van der Waals surface area contributed by atoms with Crippen LogP contribution in [-0.4, -0.2) is 16.7 Å². The highest BCUT2D eigenvalue weighted by Gasteiger charge is 2.17. The maximum absolute atomic E-state index is 13.4. The van der Waals surface area contributed by atoms with Gasteiger partial charge in [-0.3, -0.25) is 0 Å². The highest BCUT2D eigenvalue weighted by Crippen LogP contribution is 2.19. The molecule has 1 N–H and O–H groups in total. The normalized spacial score (nSPS) is 11.5. The van der Waals surface area contributed by atoms with Crippen LogP contribution in [0.5, 0.6) is 0 Å². The van der Waals surface area contributed by atoms with Crippen LogP contribution in [0.15, 0.2) is 18.2 Å². The summed E-state index contributed by atoms with van der Waals surface area (Å²) >= 11 is 0. The lowest BCUT2D eigenvalue weighted by atomic mass is 10.1. The molecule has 17 heavy (non-hydrogen) atoms. The number of hydrogen-bond acceptors (Lipinski definition) is 2. The number of ether oxygens (including phenoxy) is 1. The Balaban J connectivity index is 2.83. The highest BCUT2D eigenvalue weighted by molar-refractivity contribution is 5.87. The van der Waals surface area contributed by atoms with Crippen LogP contribution in [-0.2, 0) is 11.3 Å². The summed E-state index contributed by atoms with van der Waals surface area (Å²) in [5, 5.41) is 8.81. The maximum Gasteiger partial charge on any atom is 0.335 e. The molecule has 0 radical (unpaired) electrons. The molecule has 0 heterocycles. The minimum Gasteiger partial charge on any atom is -0.478 e. The molecule has 1 aromatic rings. The van der Waals surface area contributed by atoms with Crippen LogP contribution < -0.4 is 0 Å². The summed E-state index contributed by atoms with van der Waals surface area (Å²) in [4.78, 5) is 10.8. The Labute approximate surface area is 100 Å².